The van der Waals surface area contributed by atoms with Crippen LogP contribution in [0.3, 0.4) is 0 Å². The molecule has 1 fully saturated rings. The summed E-state index contributed by atoms with van der Waals surface area (Å²) in [6.07, 6.45) is 6.37. The highest BCUT2D eigenvalue weighted by atomic mass is 15.2. The first-order valence-corrected chi connectivity index (χ1v) is 7.69. The van der Waals surface area contributed by atoms with E-state index in [4.69, 9.17) is 5.73 Å². The van der Waals surface area contributed by atoms with Crippen LogP contribution in [0, 0.1) is 11.3 Å². The highest BCUT2D eigenvalue weighted by Crippen LogP contribution is 2.46. The van der Waals surface area contributed by atoms with Crippen LogP contribution in [0.15, 0.2) is 0 Å². The number of hydrogen-bond donors (Lipinski definition) is 1. The monoisotopic (exact) mass is 254 g/mol. The molecule has 1 aliphatic rings. The molecule has 0 heterocycles. The first kappa shape index (κ1) is 16.0. The van der Waals surface area contributed by atoms with Gasteiger partial charge in [0.2, 0.25) is 0 Å². The normalized spacial score (nSPS) is 33.7. The molecule has 1 saturated carbocycles. The zero-order chi connectivity index (χ0) is 14.0. The SMILES string of the molecule is CCCC(C)N(C)C1(CN)CC(C)CC(C)(C)C1. The van der Waals surface area contributed by atoms with Crippen LogP contribution in [0.2, 0.25) is 0 Å². The molecule has 3 unspecified atom stereocenters. The summed E-state index contributed by atoms with van der Waals surface area (Å²) in [6.45, 7) is 12.6. The zero-order valence-corrected chi connectivity index (χ0v) is 13.4. The molecular formula is C16H34N2. The Morgan fingerprint density at radius 1 is 1.33 bits per heavy atom. The molecule has 0 spiro atoms. The van der Waals surface area contributed by atoms with Crippen molar-refractivity contribution >= 4 is 0 Å². The Bertz CT molecular complexity index is 262. The third-order valence-corrected chi connectivity index (χ3v) is 4.93. The fraction of sp³-hybridized carbons (Fsp3) is 1.00. The van der Waals surface area contributed by atoms with Crippen LogP contribution >= 0.6 is 0 Å². The lowest BCUT2D eigenvalue weighted by atomic mass is 9.63. The molecule has 2 N–H and O–H groups in total. The Balaban J connectivity index is 2.89. The lowest BCUT2D eigenvalue weighted by molar-refractivity contribution is -0.0178. The molecule has 1 aliphatic carbocycles. The van der Waals surface area contributed by atoms with Crippen molar-refractivity contribution in [1.82, 2.24) is 4.90 Å². The zero-order valence-electron chi connectivity index (χ0n) is 13.4. The molecule has 2 heteroatoms. The predicted molar refractivity (Wildman–Crippen MR) is 80.7 cm³/mol. The average Bonchev–Trinajstić information content (AvgIpc) is 2.25. The van der Waals surface area contributed by atoms with Gasteiger partial charge in [0, 0.05) is 18.1 Å². The van der Waals surface area contributed by atoms with Crippen LogP contribution in [-0.2, 0) is 0 Å². The van der Waals surface area contributed by atoms with Gasteiger partial charge in [0.25, 0.3) is 0 Å². The maximum absolute atomic E-state index is 6.21. The Kier molecular flexibility index (Phi) is 5.25. The predicted octanol–water partition coefficient (Wildman–Crippen LogP) is 3.65. The minimum absolute atomic E-state index is 0.218. The smallest absolute Gasteiger partial charge is 0.0339 e. The summed E-state index contributed by atoms with van der Waals surface area (Å²) < 4.78 is 0. The summed E-state index contributed by atoms with van der Waals surface area (Å²) in [5.74, 6) is 0.786. The van der Waals surface area contributed by atoms with Gasteiger partial charge < -0.3 is 5.73 Å². The maximum Gasteiger partial charge on any atom is 0.0339 e. The quantitative estimate of drug-likeness (QED) is 0.811. The van der Waals surface area contributed by atoms with E-state index in [-0.39, 0.29) is 5.54 Å². The van der Waals surface area contributed by atoms with Crippen LogP contribution in [0.4, 0.5) is 0 Å². The second-order valence-electron chi connectivity index (χ2n) is 7.53. The topological polar surface area (TPSA) is 29.3 Å². The maximum atomic E-state index is 6.21. The second kappa shape index (κ2) is 5.92. The Morgan fingerprint density at radius 3 is 2.39 bits per heavy atom. The van der Waals surface area contributed by atoms with Crippen molar-refractivity contribution in [3.63, 3.8) is 0 Å². The first-order chi connectivity index (χ1) is 8.26. The Hall–Kier alpha value is -0.0800. The largest absolute Gasteiger partial charge is 0.329 e. The van der Waals surface area contributed by atoms with Gasteiger partial charge in [-0.25, -0.2) is 0 Å². The highest BCUT2D eigenvalue weighted by molar-refractivity contribution is 5.01. The van der Waals surface area contributed by atoms with E-state index in [0.717, 1.165) is 12.5 Å². The van der Waals surface area contributed by atoms with Gasteiger partial charge in [-0.2, -0.15) is 0 Å². The summed E-state index contributed by atoms with van der Waals surface area (Å²) in [5.41, 5.74) is 6.86. The highest BCUT2D eigenvalue weighted by Gasteiger charge is 2.45. The number of rotatable bonds is 5. The number of nitrogens with zero attached hydrogens (tertiary/aromatic N) is 1. The molecule has 18 heavy (non-hydrogen) atoms. The third kappa shape index (κ3) is 3.48. The van der Waals surface area contributed by atoms with Gasteiger partial charge in [0.1, 0.15) is 0 Å². The van der Waals surface area contributed by atoms with E-state index in [0.29, 0.717) is 11.5 Å². The molecule has 0 aromatic heterocycles. The van der Waals surface area contributed by atoms with Crippen molar-refractivity contribution < 1.29 is 0 Å². The summed E-state index contributed by atoms with van der Waals surface area (Å²) in [7, 11) is 2.29. The van der Waals surface area contributed by atoms with E-state index in [1.807, 2.05) is 0 Å². The molecule has 0 aromatic rings. The van der Waals surface area contributed by atoms with Crippen LogP contribution in [0.5, 0.6) is 0 Å². The lowest BCUT2D eigenvalue weighted by Crippen LogP contribution is -2.60. The standard InChI is InChI=1S/C16H34N2/c1-7-8-14(3)18(6)16(12-17)10-13(2)9-15(4,5)11-16/h13-14H,7-12,17H2,1-6H3. The van der Waals surface area contributed by atoms with E-state index in [1.165, 1.54) is 32.1 Å². The molecule has 0 aromatic carbocycles. The van der Waals surface area contributed by atoms with Gasteiger partial charge >= 0.3 is 0 Å². The molecule has 0 radical (unpaired) electrons. The Labute approximate surface area is 114 Å². The fourth-order valence-electron chi connectivity index (χ4n) is 4.35. The van der Waals surface area contributed by atoms with Gasteiger partial charge in [0.15, 0.2) is 0 Å². The van der Waals surface area contributed by atoms with Crippen molar-refractivity contribution in [3.05, 3.63) is 0 Å². The summed E-state index contributed by atoms with van der Waals surface area (Å²) >= 11 is 0. The van der Waals surface area contributed by atoms with Crippen molar-refractivity contribution in [3.8, 4) is 0 Å². The van der Waals surface area contributed by atoms with Crippen molar-refractivity contribution in [2.75, 3.05) is 13.6 Å². The summed E-state index contributed by atoms with van der Waals surface area (Å²) in [6, 6.07) is 0.639. The second-order valence-corrected chi connectivity index (χ2v) is 7.53. The van der Waals surface area contributed by atoms with Crippen molar-refractivity contribution in [1.29, 1.82) is 0 Å². The number of likely N-dealkylation sites (N-methyl/N-ethyl adjacent to an activating group) is 1. The average molecular weight is 254 g/mol. The molecule has 0 amide bonds. The number of nitrogens with two attached hydrogens (primary N) is 1. The number of hydrogen-bond acceptors (Lipinski definition) is 2. The molecule has 0 aliphatic heterocycles. The molecule has 0 saturated heterocycles. The summed E-state index contributed by atoms with van der Waals surface area (Å²) in [5, 5.41) is 0. The van der Waals surface area contributed by atoms with Crippen LogP contribution in [0.1, 0.15) is 66.7 Å². The van der Waals surface area contributed by atoms with E-state index >= 15 is 0 Å². The van der Waals surface area contributed by atoms with E-state index in [2.05, 4.69) is 46.6 Å². The van der Waals surface area contributed by atoms with Gasteiger partial charge in [-0.1, -0.05) is 34.1 Å². The molecule has 0 bridgehead atoms. The van der Waals surface area contributed by atoms with Crippen molar-refractivity contribution in [2.45, 2.75) is 78.3 Å². The van der Waals surface area contributed by atoms with E-state index in [1.54, 1.807) is 0 Å². The third-order valence-electron chi connectivity index (χ3n) is 4.93. The van der Waals surface area contributed by atoms with Crippen LogP contribution < -0.4 is 5.73 Å². The molecular weight excluding hydrogens is 220 g/mol. The minimum Gasteiger partial charge on any atom is -0.329 e. The first-order valence-electron chi connectivity index (χ1n) is 7.69. The van der Waals surface area contributed by atoms with Gasteiger partial charge in [-0.15, -0.1) is 0 Å². The van der Waals surface area contributed by atoms with Gasteiger partial charge in [0.05, 0.1) is 0 Å². The minimum atomic E-state index is 0.218. The van der Waals surface area contributed by atoms with E-state index < -0.39 is 0 Å². The molecule has 3 atom stereocenters. The van der Waals surface area contributed by atoms with Gasteiger partial charge in [-0.05, 0) is 51.0 Å². The Morgan fingerprint density at radius 2 is 1.94 bits per heavy atom. The summed E-state index contributed by atoms with van der Waals surface area (Å²) in [4.78, 5) is 2.59. The molecule has 1 rings (SSSR count). The van der Waals surface area contributed by atoms with Gasteiger partial charge in [-0.3, -0.25) is 4.90 Å². The van der Waals surface area contributed by atoms with E-state index in [9.17, 15) is 0 Å². The molecule has 108 valence electrons. The molecule has 2 nitrogen and oxygen atoms in total. The van der Waals surface area contributed by atoms with Crippen LogP contribution in [-0.4, -0.2) is 30.1 Å². The lowest BCUT2D eigenvalue weighted by Gasteiger charge is -2.53. The fourth-order valence-corrected chi connectivity index (χ4v) is 4.35. The van der Waals surface area contributed by atoms with Crippen LogP contribution in [0.25, 0.3) is 0 Å². The van der Waals surface area contributed by atoms with Crippen molar-refractivity contribution in [2.24, 2.45) is 17.1 Å².